The van der Waals surface area contributed by atoms with Gasteiger partial charge in [0.05, 0.1) is 23.3 Å². The molecule has 1 aromatic heterocycles. The number of rotatable bonds is 4. The molecule has 4 rings (SSSR count). The maximum absolute atomic E-state index is 13.9. The number of benzene rings is 2. The lowest BCUT2D eigenvalue weighted by Gasteiger charge is -2.29. The summed E-state index contributed by atoms with van der Waals surface area (Å²) in [7, 11) is -3.60. The topological polar surface area (TPSA) is 91.6 Å². The molecule has 0 saturated heterocycles. The molecule has 0 N–H and O–H groups in total. The standard InChI is InChI=1S/C26H32ClFN6O3S/c1-18(2)31-12-5-13-33(38(4,36)37)24-16-21(27)7-6-20(24)17-32(15-14-31)26(35)25-19(3)34(30-29-25)23-10-8-22(28)9-11-23/h6-11,16,18H,5,12-15,17H2,1-4H3. The highest BCUT2D eigenvalue weighted by molar-refractivity contribution is 7.92. The zero-order chi connectivity index (χ0) is 27.6. The summed E-state index contributed by atoms with van der Waals surface area (Å²) in [6.45, 7) is 8.03. The first-order valence-electron chi connectivity index (χ1n) is 12.4. The van der Waals surface area contributed by atoms with Crippen LogP contribution in [0.15, 0.2) is 42.5 Å². The van der Waals surface area contributed by atoms with Crippen LogP contribution in [-0.4, -0.2) is 77.6 Å². The Morgan fingerprint density at radius 2 is 1.76 bits per heavy atom. The first-order chi connectivity index (χ1) is 18.0. The Morgan fingerprint density at radius 1 is 1.05 bits per heavy atom. The normalized spacial score (nSPS) is 15.9. The minimum absolute atomic E-state index is 0.159. The van der Waals surface area contributed by atoms with Crippen molar-refractivity contribution < 1.29 is 17.6 Å². The maximum atomic E-state index is 13.9. The zero-order valence-corrected chi connectivity index (χ0v) is 23.5. The molecule has 0 unspecified atom stereocenters. The summed E-state index contributed by atoms with van der Waals surface area (Å²) in [6.07, 6.45) is 1.80. The predicted octanol–water partition coefficient (Wildman–Crippen LogP) is 3.89. The van der Waals surface area contributed by atoms with Gasteiger partial charge in [-0.2, -0.15) is 0 Å². The number of anilines is 1. The first-order valence-corrected chi connectivity index (χ1v) is 14.7. The van der Waals surface area contributed by atoms with Gasteiger partial charge in [-0.1, -0.05) is 22.9 Å². The molecule has 2 aromatic carbocycles. The molecule has 1 aliphatic heterocycles. The third kappa shape index (κ3) is 6.16. The lowest BCUT2D eigenvalue weighted by atomic mass is 10.1. The summed E-state index contributed by atoms with van der Waals surface area (Å²) in [4.78, 5) is 17.8. The fraction of sp³-hybridized carbons (Fsp3) is 0.423. The van der Waals surface area contributed by atoms with E-state index in [1.807, 2.05) is 0 Å². The van der Waals surface area contributed by atoms with Crippen LogP contribution < -0.4 is 4.31 Å². The molecule has 0 aliphatic carbocycles. The average molecular weight is 563 g/mol. The van der Waals surface area contributed by atoms with Gasteiger partial charge in [-0.25, -0.2) is 17.5 Å². The van der Waals surface area contributed by atoms with E-state index in [1.165, 1.54) is 27.4 Å². The van der Waals surface area contributed by atoms with Crippen LogP contribution in [0.1, 0.15) is 42.0 Å². The molecule has 204 valence electrons. The van der Waals surface area contributed by atoms with Crippen molar-refractivity contribution in [1.29, 1.82) is 0 Å². The number of sulfonamides is 1. The number of amides is 1. The van der Waals surface area contributed by atoms with Crippen molar-refractivity contribution in [2.75, 3.05) is 36.7 Å². The van der Waals surface area contributed by atoms with Crippen LogP contribution >= 0.6 is 11.6 Å². The average Bonchev–Trinajstić information content (AvgIpc) is 3.22. The largest absolute Gasteiger partial charge is 0.331 e. The number of hydrogen-bond acceptors (Lipinski definition) is 6. The third-order valence-corrected chi connectivity index (χ3v) is 8.14. The van der Waals surface area contributed by atoms with E-state index in [4.69, 9.17) is 11.6 Å². The van der Waals surface area contributed by atoms with E-state index in [9.17, 15) is 17.6 Å². The van der Waals surface area contributed by atoms with Gasteiger partial charge in [0, 0.05) is 43.8 Å². The van der Waals surface area contributed by atoms with Gasteiger partial charge in [0.2, 0.25) is 10.0 Å². The summed E-state index contributed by atoms with van der Waals surface area (Å²) in [5.74, 6) is -0.700. The molecule has 0 atom stereocenters. The van der Waals surface area contributed by atoms with Crippen molar-refractivity contribution in [3.05, 3.63) is 70.3 Å². The number of carbonyl (C=O) groups is 1. The second-order valence-corrected chi connectivity index (χ2v) is 12.1. The fourth-order valence-electron chi connectivity index (χ4n) is 4.62. The van der Waals surface area contributed by atoms with Crippen molar-refractivity contribution in [2.45, 2.75) is 39.8 Å². The molecule has 0 saturated carbocycles. The first kappa shape index (κ1) is 28.0. The van der Waals surface area contributed by atoms with Gasteiger partial charge < -0.3 is 4.90 Å². The minimum Gasteiger partial charge on any atom is -0.331 e. The zero-order valence-electron chi connectivity index (χ0n) is 21.9. The van der Waals surface area contributed by atoms with Gasteiger partial charge in [-0.3, -0.25) is 14.0 Å². The number of nitrogens with zero attached hydrogens (tertiary/aromatic N) is 6. The van der Waals surface area contributed by atoms with Crippen molar-refractivity contribution in [3.63, 3.8) is 0 Å². The number of hydrogen-bond donors (Lipinski definition) is 0. The van der Waals surface area contributed by atoms with Crippen LogP contribution in [0, 0.1) is 12.7 Å². The second-order valence-electron chi connectivity index (χ2n) is 9.73. The van der Waals surface area contributed by atoms with Gasteiger partial charge in [0.15, 0.2) is 5.69 Å². The lowest BCUT2D eigenvalue weighted by Crippen LogP contribution is -2.41. The molecule has 1 amide bonds. The second kappa shape index (κ2) is 11.4. The molecule has 38 heavy (non-hydrogen) atoms. The molecular weight excluding hydrogens is 531 g/mol. The highest BCUT2D eigenvalue weighted by Crippen LogP contribution is 2.29. The van der Waals surface area contributed by atoms with Crippen molar-refractivity contribution >= 4 is 33.2 Å². The highest BCUT2D eigenvalue weighted by Gasteiger charge is 2.28. The summed E-state index contributed by atoms with van der Waals surface area (Å²) in [6, 6.07) is 11.1. The van der Waals surface area contributed by atoms with Gasteiger partial charge in [0.25, 0.3) is 5.91 Å². The van der Waals surface area contributed by atoms with Crippen LogP contribution in [-0.2, 0) is 16.6 Å². The number of aromatic nitrogens is 3. The van der Waals surface area contributed by atoms with E-state index in [0.29, 0.717) is 60.3 Å². The monoisotopic (exact) mass is 562 g/mol. The van der Waals surface area contributed by atoms with Crippen LogP contribution in [0.2, 0.25) is 5.02 Å². The van der Waals surface area contributed by atoms with Crippen LogP contribution in [0.25, 0.3) is 5.69 Å². The molecule has 3 aromatic rings. The number of carbonyl (C=O) groups excluding carboxylic acids is 1. The van der Waals surface area contributed by atoms with Crippen molar-refractivity contribution in [2.24, 2.45) is 0 Å². The van der Waals surface area contributed by atoms with E-state index in [0.717, 1.165) is 0 Å². The fourth-order valence-corrected chi connectivity index (χ4v) is 5.78. The summed E-state index contributed by atoms with van der Waals surface area (Å²) in [5, 5.41) is 8.73. The van der Waals surface area contributed by atoms with Crippen molar-refractivity contribution in [3.8, 4) is 5.69 Å². The van der Waals surface area contributed by atoms with E-state index < -0.39 is 10.0 Å². The van der Waals surface area contributed by atoms with Crippen LogP contribution in [0.3, 0.4) is 0 Å². The molecule has 0 fully saturated rings. The summed E-state index contributed by atoms with van der Waals surface area (Å²) < 4.78 is 41.9. The Kier molecular flexibility index (Phi) is 8.39. The Morgan fingerprint density at radius 3 is 2.42 bits per heavy atom. The van der Waals surface area contributed by atoms with Gasteiger partial charge in [-0.15, -0.1) is 5.10 Å². The molecule has 9 nitrogen and oxygen atoms in total. The molecule has 2 heterocycles. The maximum Gasteiger partial charge on any atom is 0.276 e. The van der Waals surface area contributed by atoms with E-state index in [-0.39, 0.29) is 30.0 Å². The van der Waals surface area contributed by atoms with Crippen LogP contribution in [0.5, 0.6) is 0 Å². The Balaban J connectivity index is 1.75. The Labute approximate surface area is 227 Å². The van der Waals surface area contributed by atoms with Gasteiger partial charge in [0.1, 0.15) is 5.82 Å². The molecule has 0 radical (unpaired) electrons. The predicted molar refractivity (Wildman–Crippen MR) is 146 cm³/mol. The number of halogens is 2. The smallest absolute Gasteiger partial charge is 0.276 e. The summed E-state index contributed by atoms with van der Waals surface area (Å²) >= 11 is 6.29. The Bertz CT molecular complexity index is 1410. The van der Waals surface area contributed by atoms with E-state index in [1.54, 1.807) is 42.2 Å². The quantitative estimate of drug-likeness (QED) is 0.479. The van der Waals surface area contributed by atoms with Crippen LogP contribution in [0.4, 0.5) is 10.1 Å². The summed E-state index contributed by atoms with van der Waals surface area (Å²) in [5.41, 5.74) is 2.40. The van der Waals surface area contributed by atoms with Crippen molar-refractivity contribution in [1.82, 2.24) is 24.8 Å². The van der Waals surface area contributed by atoms with Gasteiger partial charge in [-0.05, 0) is 69.2 Å². The molecule has 0 bridgehead atoms. The Hall–Kier alpha value is -3.02. The molecule has 12 heteroatoms. The SMILES string of the molecule is Cc1c(C(=O)N2CCN(C(C)C)CCCN(S(C)(=O)=O)c3cc(Cl)ccc3C2)nnn1-c1ccc(F)cc1. The third-order valence-electron chi connectivity index (χ3n) is 6.73. The minimum atomic E-state index is -3.60. The van der Waals surface area contributed by atoms with E-state index >= 15 is 0 Å². The lowest BCUT2D eigenvalue weighted by molar-refractivity contribution is 0.0705. The molecule has 1 aliphatic rings. The number of fused-ring (bicyclic) bond motifs is 1. The van der Waals surface area contributed by atoms with E-state index in [2.05, 4.69) is 29.1 Å². The highest BCUT2D eigenvalue weighted by atomic mass is 35.5. The van der Waals surface area contributed by atoms with Gasteiger partial charge >= 0.3 is 0 Å². The molecule has 0 spiro atoms. The molecular formula is C26H32ClFN6O3S.